The third-order valence-corrected chi connectivity index (χ3v) is 7.95. The zero-order valence-corrected chi connectivity index (χ0v) is 20.2. The maximum Gasteiger partial charge on any atom is 0.241 e. The number of nitrogens with zero attached hydrogens (tertiary/aromatic N) is 1. The van der Waals surface area contributed by atoms with Gasteiger partial charge in [0.25, 0.3) is 0 Å². The molecule has 180 valence electrons. The van der Waals surface area contributed by atoms with Crippen LogP contribution in [0.3, 0.4) is 0 Å². The smallest absolute Gasteiger partial charge is 0.241 e. The van der Waals surface area contributed by atoms with E-state index in [2.05, 4.69) is 0 Å². The maximum absolute atomic E-state index is 14.0. The van der Waals surface area contributed by atoms with E-state index in [1.807, 2.05) is 0 Å². The van der Waals surface area contributed by atoms with E-state index in [4.69, 9.17) is 32.7 Å². The lowest BCUT2D eigenvalue weighted by atomic mass is 9.77. The molecule has 1 spiro atoms. The minimum Gasteiger partial charge on any atom is -0.497 e. The molecular weight excluding hydrogens is 505 g/mol. The highest BCUT2D eigenvalue weighted by Gasteiger charge is 2.75. The zero-order valence-electron chi connectivity index (χ0n) is 18.7. The summed E-state index contributed by atoms with van der Waals surface area (Å²) < 4.78 is 11.5. The Kier molecular flexibility index (Phi) is 5.09. The highest BCUT2D eigenvalue weighted by molar-refractivity contribution is 6.42. The van der Waals surface area contributed by atoms with Crippen molar-refractivity contribution in [2.75, 3.05) is 12.0 Å². The van der Waals surface area contributed by atoms with Crippen LogP contribution in [0.2, 0.25) is 10.0 Å². The number of imide groups is 1. The van der Waals surface area contributed by atoms with Crippen molar-refractivity contribution >= 4 is 52.3 Å². The SMILES string of the molecule is COc1cccc(N2C(=O)[C@@H]3[C@H](c4cccc(Cl)c4Cl)OC4(C(=O)c5ccccc5C4=O)[C@H]3C2=O)c1. The molecule has 0 saturated carbocycles. The molecule has 36 heavy (non-hydrogen) atoms. The van der Waals surface area contributed by atoms with Crippen molar-refractivity contribution in [2.24, 2.45) is 11.8 Å². The summed E-state index contributed by atoms with van der Waals surface area (Å²) in [6, 6.07) is 17.5. The monoisotopic (exact) mass is 521 g/mol. The number of ether oxygens (including phenoxy) is 2. The standard InChI is InChI=1S/C27H17Cl2NO6/c1-35-14-7-4-6-13(12-14)30-25(33)19-20(26(30)34)27(23(31)15-8-2-3-9-16(15)24(27)32)36-22(19)17-10-5-11-18(28)21(17)29/h2-12,19-20,22H,1H3/t19-,20+,22-/m0/s1. The first kappa shape index (κ1) is 22.9. The van der Waals surface area contributed by atoms with Crippen LogP contribution in [-0.4, -0.2) is 36.1 Å². The number of carbonyl (C=O) groups excluding carboxylic acids is 4. The molecule has 0 aromatic heterocycles. The van der Waals surface area contributed by atoms with Gasteiger partial charge in [-0.15, -0.1) is 0 Å². The van der Waals surface area contributed by atoms with Gasteiger partial charge in [-0.1, -0.05) is 65.7 Å². The molecule has 0 unspecified atom stereocenters. The first-order valence-electron chi connectivity index (χ1n) is 11.1. The van der Waals surface area contributed by atoms with Gasteiger partial charge in [-0.2, -0.15) is 0 Å². The first-order chi connectivity index (χ1) is 17.3. The summed E-state index contributed by atoms with van der Waals surface area (Å²) in [5, 5.41) is 0.333. The molecule has 3 atom stereocenters. The quantitative estimate of drug-likeness (QED) is 0.366. The van der Waals surface area contributed by atoms with Crippen LogP contribution in [-0.2, 0) is 14.3 Å². The molecular formula is C27H17Cl2NO6. The molecule has 2 amide bonds. The number of halogens is 2. The number of benzene rings is 3. The summed E-state index contributed by atoms with van der Waals surface area (Å²) in [5.74, 6) is -4.72. The fraction of sp³-hybridized carbons (Fsp3) is 0.185. The number of hydrogen-bond acceptors (Lipinski definition) is 6. The Hall–Kier alpha value is -3.52. The van der Waals surface area contributed by atoms with E-state index in [-0.39, 0.29) is 26.9 Å². The molecule has 3 aromatic rings. The molecule has 7 nitrogen and oxygen atoms in total. The second-order valence-corrected chi connectivity index (χ2v) is 9.62. The van der Waals surface area contributed by atoms with Crippen LogP contribution >= 0.6 is 23.2 Å². The second-order valence-electron chi connectivity index (χ2n) is 8.84. The van der Waals surface area contributed by atoms with Crippen molar-refractivity contribution in [1.29, 1.82) is 0 Å². The van der Waals surface area contributed by atoms with Gasteiger partial charge >= 0.3 is 0 Å². The van der Waals surface area contributed by atoms with E-state index in [1.54, 1.807) is 54.6 Å². The van der Waals surface area contributed by atoms with E-state index in [0.717, 1.165) is 4.90 Å². The van der Waals surface area contributed by atoms with E-state index >= 15 is 0 Å². The minimum atomic E-state index is -2.19. The number of hydrogen-bond donors (Lipinski definition) is 0. The van der Waals surface area contributed by atoms with Crippen molar-refractivity contribution in [3.63, 3.8) is 0 Å². The second kappa shape index (κ2) is 8.00. The molecule has 2 heterocycles. The van der Waals surface area contributed by atoms with Crippen molar-refractivity contribution in [2.45, 2.75) is 11.7 Å². The van der Waals surface area contributed by atoms with Crippen LogP contribution in [0.15, 0.2) is 66.7 Å². The van der Waals surface area contributed by atoms with E-state index < -0.39 is 46.9 Å². The van der Waals surface area contributed by atoms with Gasteiger partial charge in [0.15, 0.2) is 0 Å². The molecule has 0 N–H and O–H groups in total. The summed E-state index contributed by atoms with van der Waals surface area (Å²) in [6.45, 7) is 0. The van der Waals surface area contributed by atoms with Crippen molar-refractivity contribution in [3.05, 3.63) is 93.5 Å². The Bertz CT molecular complexity index is 1470. The zero-order chi connectivity index (χ0) is 25.4. The molecule has 2 fully saturated rings. The Labute approximate surface area is 215 Å². The molecule has 0 bridgehead atoms. The summed E-state index contributed by atoms with van der Waals surface area (Å²) >= 11 is 12.7. The third kappa shape index (κ3) is 2.85. The Balaban J connectivity index is 1.56. The average molecular weight is 522 g/mol. The number of ketones is 2. The molecule has 6 rings (SSSR count). The molecule has 0 radical (unpaired) electrons. The molecule has 3 aliphatic rings. The van der Waals surface area contributed by atoms with Crippen LogP contribution in [0.25, 0.3) is 0 Å². The van der Waals surface area contributed by atoms with Gasteiger partial charge in [0.2, 0.25) is 29.0 Å². The predicted molar refractivity (Wildman–Crippen MR) is 131 cm³/mol. The van der Waals surface area contributed by atoms with Gasteiger partial charge in [-0.25, -0.2) is 4.90 Å². The van der Waals surface area contributed by atoms with Crippen molar-refractivity contribution in [3.8, 4) is 5.75 Å². The lowest BCUT2D eigenvalue weighted by Gasteiger charge is -2.27. The largest absolute Gasteiger partial charge is 0.497 e. The summed E-state index contributed by atoms with van der Waals surface area (Å²) in [6.07, 6.45) is -1.16. The summed E-state index contributed by atoms with van der Waals surface area (Å²) in [5.41, 5.74) is -1.30. The summed E-state index contributed by atoms with van der Waals surface area (Å²) in [4.78, 5) is 56.4. The number of fused-ring (bicyclic) bond motifs is 3. The van der Waals surface area contributed by atoms with Crippen LogP contribution in [0.1, 0.15) is 32.4 Å². The van der Waals surface area contributed by atoms with Gasteiger partial charge in [-0.05, 0) is 18.2 Å². The van der Waals surface area contributed by atoms with Crippen LogP contribution in [0, 0.1) is 11.8 Å². The summed E-state index contributed by atoms with van der Waals surface area (Å²) in [7, 11) is 1.47. The molecule has 9 heteroatoms. The molecule has 3 aromatic carbocycles. The Morgan fingerprint density at radius 2 is 1.53 bits per heavy atom. The predicted octanol–water partition coefficient (Wildman–Crippen LogP) is 4.70. The number of Topliss-reactive ketones (excluding diaryl/α,β-unsaturated/α-hetero) is 2. The van der Waals surface area contributed by atoms with E-state index in [0.29, 0.717) is 11.3 Å². The van der Waals surface area contributed by atoms with Crippen molar-refractivity contribution < 1.29 is 28.7 Å². The fourth-order valence-electron chi connectivity index (χ4n) is 5.54. The highest BCUT2D eigenvalue weighted by atomic mass is 35.5. The van der Waals surface area contributed by atoms with Crippen LogP contribution < -0.4 is 9.64 Å². The van der Waals surface area contributed by atoms with Gasteiger partial charge < -0.3 is 9.47 Å². The lowest BCUT2D eigenvalue weighted by molar-refractivity contribution is -0.127. The van der Waals surface area contributed by atoms with Gasteiger partial charge in [0, 0.05) is 22.8 Å². The lowest BCUT2D eigenvalue weighted by Crippen LogP contribution is -2.51. The average Bonchev–Trinajstić information content (AvgIpc) is 3.45. The van der Waals surface area contributed by atoms with Crippen LogP contribution in [0.4, 0.5) is 5.69 Å². The maximum atomic E-state index is 14.0. The van der Waals surface area contributed by atoms with E-state index in [9.17, 15) is 19.2 Å². The Morgan fingerprint density at radius 3 is 2.19 bits per heavy atom. The number of amides is 2. The topological polar surface area (TPSA) is 90.0 Å². The highest BCUT2D eigenvalue weighted by Crippen LogP contribution is 2.58. The fourth-order valence-corrected chi connectivity index (χ4v) is 5.96. The number of methoxy groups -OCH3 is 1. The van der Waals surface area contributed by atoms with Gasteiger partial charge in [-0.3, -0.25) is 19.2 Å². The van der Waals surface area contributed by atoms with Gasteiger partial charge in [0.1, 0.15) is 5.75 Å². The molecule has 1 aliphatic carbocycles. The first-order valence-corrected chi connectivity index (χ1v) is 11.9. The number of anilines is 1. The number of carbonyl (C=O) groups is 4. The van der Waals surface area contributed by atoms with Gasteiger partial charge in [0.05, 0.1) is 40.8 Å². The third-order valence-electron chi connectivity index (χ3n) is 7.12. The minimum absolute atomic E-state index is 0.121. The Morgan fingerprint density at radius 1 is 0.861 bits per heavy atom. The number of rotatable bonds is 3. The van der Waals surface area contributed by atoms with Crippen molar-refractivity contribution in [1.82, 2.24) is 0 Å². The normalized spacial score (nSPS) is 24.0. The van der Waals surface area contributed by atoms with Crippen LogP contribution in [0.5, 0.6) is 5.75 Å². The molecule has 2 saturated heterocycles. The van der Waals surface area contributed by atoms with E-state index in [1.165, 1.54) is 19.2 Å². The molecule has 2 aliphatic heterocycles.